The van der Waals surface area contributed by atoms with Crippen molar-refractivity contribution in [3.8, 4) is 0 Å². The van der Waals surface area contributed by atoms with Gasteiger partial charge in [-0.15, -0.1) is 0 Å². The first-order chi connectivity index (χ1) is 9.13. The average molecular weight is 261 g/mol. The van der Waals surface area contributed by atoms with Crippen molar-refractivity contribution >= 4 is 11.8 Å². The van der Waals surface area contributed by atoms with Gasteiger partial charge in [0.25, 0.3) is 0 Å². The molecule has 0 N–H and O–H groups in total. The lowest BCUT2D eigenvalue weighted by Crippen LogP contribution is -2.21. The van der Waals surface area contributed by atoms with E-state index in [2.05, 4.69) is 4.98 Å². The first-order valence-corrected chi connectivity index (χ1v) is 5.44. The van der Waals surface area contributed by atoms with Crippen molar-refractivity contribution < 1.29 is 14.5 Å². The number of carbonyl (C=O) groups is 1. The lowest BCUT2D eigenvalue weighted by Gasteiger charge is -2.14. The molecular formula is C12H11N3O4. The van der Waals surface area contributed by atoms with Crippen LogP contribution in [0.1, 0.15) is 11.6 Å². The van der Waals surface area contributed by atoms with Crippen LogP contribution in [-0.2, 0) is 9.53 Å². The molecule has 2 rings (SSSR count). The van der Waals surface area contributed by atoms with Gasteiger partial charge in [0.05, 0.1) is 7.11 Å². The van der Waals surface area contributed by atoms with Crippen LogP contribution in [-0.4, -0.2) is 27.6 Å². The van der Waals surface area contributed by atoms with E-state index in [0.29, 0.717) is 5.56 Å². The summed E-state index contributed by atoms with van der Waals surface area (Å²) in [6, 6.07) is 8.06. The summed E-state index contributed by atoms with van der Waals surface area (Å²) in [7, 11) is 1.27. The molecule has 7 heteroatoms. The molecule has 0 fully saturated rings. The zero-order chi connectivity index (χ0) is 13.8. The Balaban J connectivity index is 2.43. The van der Waals surface area contributed by atoms with Gasteiger partial charge in [0.15, 0.2) is 6.04 Å². The van der Waals surface area contributed by atoms with Gasteiger partial charge >= 0.3 is 11.8 Å². The second kappa shape index (κ2) is 5.30. The Kier molecular flexibility index (Phi) is 3.56. The normalized spacial score (nSPS) is 11.8. The molecule has 0 aliphatic heterocycles. The summed E-state index contributed by atoms with van der Waals surface area (Å²) in [6.45, 7) is 0. The highest BCUT2D eigenvalue weighted by Gasteiger charge is 2.26. The Hall–Kier alpha value is -2.70. The predicted octanol–water partition coefficient (Wildman–Crippen LogP) is 1.55. The molecule has 0 saturated carbocycles. The van der Waals surface area contributed by atoms with Gasteiger partial charge in [-0.05, 0) is 15.5 Å². The molecule has 0 bridgehead atoms. The maximum absolute atomic E-state index is 11.9. The highest BCUT2D eigenvalue weighted by Crippen LogP contribution is 2.21. The van der Waals surface area contributed by atoms with Gasteiger partial charge in [-0.25, -0.2) is 4.79 Å². The van der Waals surface area contributed by atoms with Gasteiger partial charge in [0, 0.05) is 0 Å². The van der Waals surface area contributed by atoms with Gasteiger partial charge in [0.2, 0.25) is 6.33 Å². The molecule has 2 aromatic rings. The van der Waals surface area contributed by atoms with Crippen molar-refractivity contribution in [2.75, 3.05) is 7.11 Å². The zero-order valence-electron chi connectivity index (χ0n) is 10.1. The van der Waals surface area contributed by atoms with Crippen LogP contribution in [0.4, 0.5) is 5.82 Å². The second-order valence-corrected chi connectivity index (χ2v) is 3.77. The van der Waals surface area contributed by atoms with Gasteiger partial charge in [-0.2, -0.15) is 0 Å². The molecule has 7 nitrogen and oxygen atoms in total. The molecule has 0 amide bonds. The first kappa shape index (κ1) is 12.7. The summed E-state index contributed by atoms with van der Waals surface area (Å²) in [5.74, 6) is -0.830. The average Bonchev–Trinajstić information content (AvgIpc) is 2.89. The highest BCUT2D eigenvalue weighted by molar-refractivity contribution is 5.78. The van der Waals surface area contributed by atoms with Crippen molar-refractivity contribution in [2.24, 2.45) is 0 Å². The largest absolute Gasteiger partial charge is 0.467 e. The maximum Gasteiger partial charge on any atom is 0.381 e. The van der Waals surface area contributed by atoms with Crippen LogP contribution < -0.4 is 0 Å². The predicted molar refractivity (Wildman–Crippen MR) is 65.5 cm³/mol. The van der Waals surface area contributed by atoms with Crippen LogP contribution in [0.25, 0.3) is 0 Å². The minimum Gasteiger partial charge on any atom is -0.467 e. The fourth-order valence-corrected chi connectivity index (χ4v) is 1.74. The van der Waals surface area contributed by atoms with Crippen LogP contribution in [0.5, 0.6) is 0 Å². The van der Waals surface area contributed by atoms with Crippen LogP contribution in [0.3, 0.4) is 0 Å². The minimum absolute atomic E-state index is 0.315. The van der Waals surface area contributed by atoms with E-state index >= 15 is 0 Å². The SMILES string of the molecule is COC(=O)C(c1ccccc1)n1cnc([N+](=O)[O-])c1. The third-order valence-corrected chi connectivity index (χ3v) is 2.61. The van der Waals surface area contributed by atoms with Gasteiger partial charge < -0.3 is 14.9 Å². The molecule has 98 valence electrons. The monoisotopic (exact) mass is 261 g/mol. The lowest BCUT2D eigenvalue weighted by atomic mass is 10.1. The molecule has 0 saturated heterocycles. The van der Waals surface area contributed by atoms with E-state index in [1.807, 2.05) is 6.07 Å². The number of nitro groups is 1. The first-order valence-electron chi connectivity index (χ1n) is 5.44. The molecule has 1 unspecified atom stereocenters. The number of ether oxygens (including phenoxy) is 1. The summed E-state index contributed by atoms with van der Waals surface area (Å²) >= 11 is 0. The van der Waals surface area contributed by atoms with Crippen molar-refractivity contribution in [3.63, 3.8) is 0 Å². The zero-order valence-corrected chi connectivity index (χ0v) is 10.1. The molecule has 1 aromatic heterocycles. The number of carbonyl (C=O) groups excluding carboxylic acids is 1. The van der Waals surface area contributed by atoms with E-state index < -0.39 is 16.9 Å². The number of imidazole rings is 1. The lowest BCUT2D eigenvalue weighted by molar-refractivity contribution is -0.389. The number of methoxy groups -OCH3 is 1. The Morgan fingerprint density at radius 2 is 2.11 bits per heavy atom. The van der Waals surface area contributed by atoms with Gasteiger partial charge in [-0.3, -0.25) is 4.57 Å². The number of rotatable bonds is 4. The standard InChI is InChI=1S/C12H11N3O4/c1-19-12(16)11(9-5-3-2-4-6-9)14-7-10(13-8-14)15(17)18/h2-8,11H,1H3. The molecule has 1 heterocycles. The molecule has 1 atom stereocenters. The van der Waals surface area contributed by atoms with Crippen molar-refractivity contribution in [1.82, 2.24) is 9.55 Å². The number of nitrogens with zero attached hydrogens (tertiary/aromatic N) is 3. The molecule has 0 spiro atoms. The topological polar surface area (TPSA) is 87.3 Å². The van der Waals surface area contributed by atoms with Crippen LogP contribution in [0.2, 0.25) is 0 Å². The third kappa shape index (κ3) is 2.59. The van der Waals surface area contributed by atoms with Gasteiger partial charge in [-0.1, -0.05) is 30.3 Å². The van der Waals surface area contributed by atoms with E-state index in [4.69, 9.17) is 4.74 Å². The summed E-state index contributed by atoms with van der Waals surface area (Å²) in [6.07, 6.45) is 2.45. The fourth-order valence-electron chi connectivity index (χ4n) is 1.74. The van der Waals surface area contributed by atoms with Gasteiger partial charge in [0.1, 0.15) is 6.20 Å². The van der Waals surface area contributed by atoms with Crippen LogP contribution in [0.15, 0.2) is 42.9 Å². The Morgan fingerprint density at radius 3 is 2.63 bits per heavy atom. The molecule has 0 aliphatic rings. The second-order valence-electron chi connectivity index (χ2n) is 3.77. The van der Waals surface area contributed by atoms with E-state index in [9.17, 15) is 14.9 Å². The smallest absolute Gasteiger partial charge is 0.381 e. The molecule has 1 aromatic carbocycles. The van der Waals surface area contributed by atoms with Crippen LogP contribution >= 0.6 is 0 Å². The van der Waals surface area contributed by atoms with Crippen molar-refractivity contribution in [2.45, 2.75) is 6.04 Å². The maximum atomic E-state index is 11.9. The number of aromatic nitrogens is 2. The highest BCUT2D eigenvalue weighted by atomic mass is 16.6. The van der Waals surface area contributed by atoms with E-state index in [-0.39, 0.29) is 5.82 Å². The fraction of sp³-hybridized carbons (Fsp3) is 0.167. The molecular weight excluding hydrogens is 250 g/mol. The summed E-state index contributed by atoms with van der Waals surface area (Å²) in [5, 5.41) is 10.6. The van der Waals surface area contributed by atoms with E-state index in [1.54, 1.807) is 24.3 Å². The van der Waals surface area contributed by atoms with Crippen LogP contribution in [0, 0.1) is 10.1 Å². The quantitative estimate of drug-likeness (QED) is 0.473. The van der Waals surface area contributed by atoms with E-state index in [0.717, 1.165) is 0 Å². The number of hydrogen-bond acceptors (Lipinski definition) is 5. The number of esters is 1. The molecule has 0 radical (unpaired) electrons. The van der Waals surface area contributed by atoms with E-state index in [1.165, 1.54) is 24.2 Å². The van der Waals surface area contributed by atoms with Crippen molar-refractivity contribution in [1.29, 1.82) is 0 Å². The summed E-state index contributed by atoms with van der Waals surface area (Å²) in [4.78, 5) is 25.5. The van der Waals surface area contributed by atoms with Crippen molar-refractivity contribution in [3.05, 3.63) is 58.5 Å². The third-order valence-electron chi connectivity index (χ3n) is 2.61. The number of hydrogen-bond donors (Lipinski definition) is 0. The minimum atomic E-state index is -0.785. The molecule has 19 heavy (non-hydrogen) atoms. The summed E-state index contributed by atoms with van der Waals surface area (Å²) < 4.78 is 6.09. The number of benzene rings is 1. The Bertz CT molecular complexity index is 594. The summed E-state index contributed by atoms with van der Waals surface area (Å²) in [5.41, 5.74) is 0.668. The molecule has 0 aliphatic carbocycles. The Labute approximate surface area is 108 Å². The Morgan fingerprint density at radius 1 is 1.42 bits per heavy atom.